The van der Waals surface area contributed by atoms with Crippen molar-refractivity contribution >= 4 is 28.3 Å². The molecule has 0 aliphatic heterocycles. The van der Waals surface area contributed by atoms with Gasteiger partial charge in [-0.05, 0) is 35.9 Å². The summed E-state index contributed by atoms with van der Waals surface area (Å²) in [7, 11) is 0. The number of ketones is 1. The lowest BCUT2D eigenvalue weighted by Crippen LogP contribution is -2.04. The van der Waals surface area contributed by atoms with Crippen molar-refractivity contribution in [2.45, 2.75) is 18.3 Å². The number of benzene rings is 3. The van der Waals surface area contributed by atoms with E-state index in [1.807, 2.05) is 42.5 Å². The Morgan fingerprint density at radius 1 is 1.07 bits per heavy atom. The number of nitrogens with zero attached hydrogens (tertiary/aromatic N) is 2. The van der Waals surface area contributed by atoms with Crippen molar-refractivity contribution < 1.29 is 18.3 Å². The first-order valence-electron chi connectivity index (χ1n) is 8.99. The number of aromatic nitrogens is 2. The monoisotopic (exact) mass is 408 g/mol. The molecule has 4 rings (SSSR count). The van der Waals surface area contributed by atoms with Gasteiger partial charge in [0.2, 0.25) is 0 Å². The highest BCUT2D eigenvalue weighted by molar-refractivity contribution is 7.99. The van der Waals surface area contributed by atoms with Crippen LogP contribution in [-0.2, 0) is 0 Å². The zero-order valence-electron chi connectivity index (χ0n) is 15.5. The molecule has 0 bridgehead atoms. The van der Waals surface area contributed by atoms with Crippen LogP contribution in [-0.4, -0.2) is 21.7 Å². The number of carbonyl (C=O) groups excluding carboxylic acids is 1. The zero-order chi connectivity index (χ0) is 20.2. The number of hydrogen-bond donors (Lipinski definition) is 0. The third-order valence-electron chi connectivity index (χ3n) is 4.31. The highest BCUT2D eigenvalue weighted by atomic mass is 32.2. The van der Waals surface area contributed by atoms with E-state index in [-0.39, 0.29) is 28.4 Å². The molecule has 3 aromatic carbocycles. The lowest BCUT2D eigenvalue weighted by molar-refractivity contribution is 0.102. The SMILES string of the molecule is C[C@@H](Oc1ccccc1F)c1nnc(SCC(=O)c2ccc3ccccc3c2)o1. The summed E-state index contributed by atoms with van der Waals surface area (Å²) in [6.45, 7) is 1.69. The third-order valence-corrected chi connectivity index (χ3v) is 5.13. The van der Waals surface area contributed by atoms with Crippen LogP contribution in [0, 0.1) is 5.82 Å². The summed E-state index contributed by atoms with van der Waals surface area (Å²) in [4.78, 5) is 12.5. The molecule has 7 heteroatoms. The van der Waals surface area contributed by atoms with Crippen LogP contribution in [0.15, 0.2) is 76.4 Å². The second-order valence-electron chi connectivity index (χ2n) is 6.37. The Hall–Kier alpha value is -3.19. The van der Waals surface area contributed by atoms with Crippen LogP contribution in [0.4, 0.5) is 4.39 Å². The van der Waals surface area contributed by atoms with E-state index in [2.05, 4.69) is 10.2 Å². The number of ether oxygens (including phenoxy) is 1. The van der Waals surface area contributed by atoms with Gasteiger partial charge in [-0.25, -0.2) is 4.39 Å². The van der Waals surface area contributed by atoms with E-state index in [1.54, 1.807) is 19.1 Å². The quantitative estimate of drug-likeness (QED) is 0.298. The molecule has 0 saturated carbocycles. The predicted molar refractivity (Wildman–Crippen MR) is 109 cm³/mol. The molecule has 1 aromatic heterocycles. The maximum atomic E-state index is 13.7. The average Bonchev–Trinajstić information content (AvgIpc) is 3.22. The van der Waals surface area contributed by atoms with Crippen LogP contribution in [0.2, 0.25) is 0 Å². The van der Waals surface area contributed by atoms with Gasteiger partial charge in [0.15, 0.2) is 23.5 Å². The van der Waals surface area contributed by atoms with Crippen LogP contribution in [0.25, 0.3) is 10.8 Å². The number of thioether (sulfide) groups is 1. The number of fused-ring (bicyclic) bond motifs is 1. The van der Waals surface area contributed by atoms with Gasteiger partial charge in [-0.15, -0.1) is 10.2 Å². The first-order chi connectivity index (χ1) is 14.1. The van der Waals surface area contributed by atoms with E-state index in [1.165, 1.54) is 12.1 Å². The third kappa shape index (κ3) is 4.46. The normalized spacial score (nSPS) is 12.1. The molecule has 4 aromatic rings. The van der Waals surface area contributed by atoms with Crippen LogP contribution >= 0.6 is 11.8 Å². The van der Waals surface area contributed by atoms with Gasteiger partial charge in [-0.2, -0.15) is 0 Å². The average molecular weight is 408 g/mol. The molecule has 0 aliphatic carbocycles. The van der Waals surface area contributed by atoms with Gasteiger partial charge < -0.3 is 9.15 Å². The molecule has 146 valence electrons. The summed E-state index contributed by atoms with van der Waals surface area (Å²) < 4.78 is 24.8. The largest absolute Gasteiger partial charge is 0.478 e. The van der Waals surface area contributed by atoms with Gasteiger partial charge in [-0.3, -0.25) is 4.79 Å². The Morgan fingerprint density at radius 2 is 1.83 bits per heavy atom. The number of halogens is 1. The van der Waals surface area contributed by atoms with Crippen molar-refractivity contribution in [3.05, 3.63) is 84.0 Å². The summed E-state index contributed by atoms with van der Waals surface area (Å²) in [6.07, 6.45) is -0.620. The van der Waals surface area contributed by atoms with Crippen molar-refractivity contribution in [2.75, 3.05) is 5.75 Å². The minimum atomic E-state index is -0.620. The Morgan fingerprint density at radius 3 is 2.66 bits per heavy atom. The summed E-state index contributed by atoms with van der Waals surface area (Å²) in [6, 6.07) is 19.6. The first-order valence-corrected chi connectivity index (χ1v) is 9.98. The molecule has 1 atom stereocenters. The van der Waals surface area contributed by atoms with E-state index in [4.69, 9.17) is 9.15 Å². The van der Waals surface area contributed by atoms with Crippen LogP contribution in [0.5, 0.6) is 5.75 Å². The van der Waals surface area contributed by atoms with Crippen molar-refractivity contribution in [3.8, 4) is 5.75 Å². The van der Waals surface area contributed by atoms with Gasteiger partial charge in [0.25, 0.3) is 11.1 Å². The number of para-hydroxylation sites is 1. The number of Topliss-reactive ketones (excluding diaryl/α,β-unsaturated/α-hetero) is 1. The number of hydrogen-bond acceptors (Lipinski definition) is 6. The van der Waals surface area contributed by atoms with Gasteiger partial charge in [0.05, 0.1) is 5.75 Å². The van der Waals surface area contributed by atoms with E-state index in [0.717, 1.165) is 22.5 Å². The van der Waals surface area contributed by atoms with Gasteiger partial charge in [0.1, 0.15) is 0 Å². The lowest BCUT2D eigenvalue weighted by Gasteiger charge is -2.11. The van der Waals surface area contributed by atoms with Gasteiger partial charge in [-0.1, -0.05) is 60.3 Å². The minimum absolute atomic E-state index is 0.0313. The van der Waals surface area contributed by atoms with Crippen LogP contribution < -0.4 is 4.74 Å². The Balaban J connectivity index is 1.38. The molecule has 1 heterocycles. The van der Waals surface area contributed by atoms with Crippen molar-refractivity contribution in [3.63, 3.8) is 0 Å². The van der Waals surface area contributed by atoms with E-state index >= 15 is 0 Å². The van der Waals surface area contributed by atoms with Crippen molar-refractivity contribution in [2.24, 2.45) is 0 Å². The van der Waals surface area contributed by atoms with E-state index < -0.39 is 11.9 Å². The van der Waals surface area contributed by atoms with Gasteiger partial charge >= 0.3 is 0 Å². The lowest BCUT2D eigenvalue weighted by atomic mass is 10.1. The zero-order valence-corrected chi connectivity index (χ0v) is 16.4. The standard InChI is InChI=1S/C22H17FN2O3S/c1-14(27-20-9-5-4-8-18(20)23)21-24-25-22(28-21)29-13-19(26)17-11-10-15-6-2-3-7-16(15)12-17/h2-12,14H,13H2,1H3/t14-/m1/s1. The van der Waals surface area contributed by atoms with E-state index in [9.17, 15) is 9.18 Å². The molecule has 0 radical (unpaired) electrons. The maximum Gasteiger partial charge on any atom is 0.277 e. The summed E-state index contributed by atoms with van der Waals surface area (Å²) in [5.41, 5.74) is 0.632. The fourth-order valence-corrected chi connectivity index (χ4v) is 3.46. The molecular formula is C22H17FN2O3S. The van der Waals surface area contributed by atoms with Crippen LogP contribution in [0.3, 0.4) is 0 Å². The molecule has 0 saturated heterocycles. The second-order valence-corrected chi connectivity index (χ2v) is 7.30. The number of carbonyl (C=O) groups is 1. The molecule has 0 N–H and O–H groups in total. The molecule has 0 unspecified atom stereocenters. The first kappa shape index (κ1) is 19.1. The second kappa shape index (κ2) is 8.45. The summed E-state index contributed by atoms with van der Waals surface area (Å²) in [5, 5.41) is 10.2. The predicted octanol–water partition coefficient (Wildman–Crippen LogP) is 5.48. The Kier molecular flexibility index (Phi) is 5.57. The summed E-state index contributed by atoms with van der Waals surface area (Å²) in [5.74, 6) is 0.00102. The topological polar surface area (TPSA) is 65.2 Å². The fourth-order valence-electron chi connectivity index (χ4n) is 2.80. The molecular weight excluding hydrogens is 391 g/mol. The van der Waals surface area contributed by atoms with E-state index in [0.29, 0.717) is 5.56 Å². The highest BCUT2D eigenvalue weighted by Crippen LogP contribution is 2.26. The Bertz CT molecular complexity index is 1160. The highest BCUT2D eigenvalue weighted by Gasteiger charge is 2.18. The smallest absolute Gasteiger partial charge is 0.277 e. The summed E-state index contributed by atoms with van der Waals surface area (Å²) >= 11 is 1.16. The maximum absolute atomic E-state index is 13.7. The van der Waals surface area contributed by atoms with Gasteiger partial charge in [0, 0.05) is 5.56 Å². The Labute approximate surface area is 170 Å². The molecule has 5 nitrogen and oxygen atoms in total. The molecule has 29 heavy (non-hydrogen) atoms. The molecule has 0 spiro atoms. The molecule has 0 fully saturated rings. The van der Waals surface area contributed by atoms with Crippen molar-refractivity contribution in [1.29, 1.82) is 0 Å². The molecule has 0 amide bonds. The van der Waals surface area contributed by atoms with Crippen LogP contribution in [0.1, 0.15) is 29.3 Å². The molecule has 0 aliphatic rings. The minimum Gasteiger partial charge on any atom is -0.478 e. The fraction of sp³-hybridized carbons (Fsp3) is 0.136. The number of rotatable bonds is 7. The van der Waals surface area contributed by atoms with Crippen molar-refractivity contribution in [1.82, 2.24) is 10.2 Å².